The largest absolute Gasteiger partial charge is 0.434 e. The maximum Gasteiger partial charge on any atom is 0.387 e. The van der Waals surface area contributed by atoms with Crippen LogP contribution in [0.5, 0.6) is 5.75 Å². The molecule has 1 aromatic carbocycles. The maximum absolute atomic E-state index is 13.1. The number of aliphatic hydroxyl groups excluding tert-OH is 1. The molecule has 2 N–H and O–H groups in total. The molecular weight excluding hydrogens is 466 g/mol. The normalized spacial score (nSPS) is 12.3. The maximum atomic E-state index is 13.1. The van der Waals surface area contributed by atoms with Crippen LogP contribution in [-0.4, -0.2) is 54.4 Å². The molecule has 0 aliphatic carbocycles. The van der Waals surface area contributed by atoms with E-state index in [1.165, 1.54) is 33.2 Å². The van der Waals surface area contributed by atoms with Crippen LogP contribution in [0.4, 0.5) is 14.5 Å². The topological polar surface area (TPSA) is 107 Å². The van der Waals surface area contributed by atoms with Crippen LogP contribution in [-0.2, 0) is 6.54 Å². The summed E-state index contributed by atoms with van der Waals surface area (Å²) in [5.74, 6) is -0.579. The van der Waals surface area contributed by atoms with Gasteiger partial charge in [-0.15, -0.1) is 11.8 Å². The van der Waals surface area contributed by atoms with Gasteiger partial charge in [-0.2, -0.15) is 19.0 Å². The predicted molar refractivity (Wildman–Crippen MR) is 123 cm³/mol. The van der Waals surface area contributed by atoms with Crippen molar-refractivity contribution in [2.75, 3.05) is 11.6 Å². The van der Waals surface area contributed by atoms with Crippen molar-refractivity contribution in [1.82, 2.24) is 24.4 Å². The van der Waals surface area contributed by atoms with Crippen molar-refractivity contribution in [3.63, 3.8) is 0 Å². The number of anilines is 1. The highest BCUT2D eigenvalue weighted by atomic mass is 32.2. The van der Waals surface area contributed by atoms with Gasteiger partial charge in [0, 0.05) is 29.0 Å². The lowest BCUT2D eigenvalue weighted by Crippen LogP contribution is -2.15. The van der Waals surface area contributed by atoms with E-state index in [-0.39, 0.29) is 34.8 Å². The summed E-state index contributed by atoms with van der Waals surface area (Å²) in [4.78, 5) is 18.1. The standard InChI is InChI=1S/C22H22F2N6O3S/c1-3-13(31)11-29-12-17(27-21(32)16-10-26-30-8-4-7-25-20(16)30)19(28-29)15-9-14(34-2)5-6-18(15)33-22(23)24/h4-10,12-13,22,31H,3,11H2,1-2H3,(H,27,32). The van der Waals surface area contributed by atoms with E-state index in [0.29, 0.717) is 12.1 Å². The first-order valence-electron chi connectivity index (χ1n) is 10.4. The predicted octanol–water partition coefficient (Wildman–Crippen LogP) is 3.94. The Kier molecular flexibility index (Phi) is 7.08. The lowest BCUT2D eigenvalue weighted by molar-refractivity contribution is -0.0494. The number of hydrogen-bond donors (Lipinski definition) is 2. The third-order valence-corrected chi connectivity index (χ3v) is 5.79. The lowest BCUT2D eigenvalue weighted by Gasteiger charge is -2.12. The number of halogens is 2. The van der Waals surface area contributed by atoms with Gasteiger partial charge in [-0.1, -0.05) is 6.92 Å². The van der Waals surface area contributed by atoms with Crippen molar-refractivity contribution in [2.24, 2.45) is 0 Å². The lowest BCUT2D eigenvalue weighted by atomic mass is 10.1. The second kappa shape index (κ2) is 10.2. The highest BCUT2D eigenvalue weighted by molar-refractivity contribution is 7.98. The zero-order valence-corrected chi connectivity index (χ0v) is 19.2. The number of benzene rings is 1. The Hall–Kier alpha value is -3.51. The first-order chi connectivity index (χ1) is 16.4. The Morgan fingerprint density at radius 3 is 2.91 bits per heavy atom. The first kappa shape index (κ1) is 23.6. The van der Waals surface area contributed by atoms with Crippen LogP contribution in [0.2, 0.25) is 0 Å². The second-order valence-corrected chi connectivity index (χ2v) is 8.20. The van der Waals surface area contributed by atoms with Crippen LogP contribution in [0.1, 0.15) is 23.7 Å². The Balaban J connectivity index is 1.78. The van der Waals surface area contributed by atoms with Crippen LogP contribution >= 0.6 is 11.8 Å². The van der Waals surface area contributed by atoms with E-state index in [1.807, 2.05) is 13.2 Å². The van der Waals surface area contributed by atoms with Crippen molar-refractivity contribution in [1.29, 1.82) is 0 Å². The quantitative estimate of drug-likeness (QED) is 0.344. The van der Waals surface area contributed by atoms with Crippen molar-refractivity contribution in [2.45, 2.75) is 37.5 Å². The molecule has 0 aliphatic rings. The third-order valence-electron chi connectivity index (χ3n) is 5.06. The van der Waals surface area contributed by atoms with Crippen LogP contribution in [0, 0.1) is 0 Å². The molecule has 1 amide bonds. The molecule has 3 aromatic heterocycles. The molecule has 4 rings (SSSR count). The van der Waals surface area contributed by atoms with Crippen molar-refractivity contribution >= 4 is 29.0 Å². The van der Waals surface area contributed by atoms with E-state index in [0.717, 1.165) is 4.90 Å². The molecule has 0 aliphatic heterocycles. The monoisotopic (exact) mass is 488 g/mol. The number of carbonyl (C=O) groups excluding carboxylic acids is 1. The second-order valence-electron chi connectivity index (χ2n) is 7.32. The molecule has 0 saturated carbocycles. The van der Waals surface area contributed by atoms with E-state index in [4.69, 9.17) is 4.74 Å². The van der Waals surface area contributed by atoms with E-state index >= 15 is 0 Å². The molecule has 1 atom stereocenters. The van der Waals surface area contributed by atoms with E-state index in [2.05, 4.69) is 20.5 Å². The van der Waals surface area contributed by atoms with Gasteiger partial charge >= 0.3 is 6.61 Å². The van der Waals surface area contributed by atoms with Gasteiger partial charge in [0.05, 0.1) is 24.5 Å². The zero-order chi connectivity index (χ0) is 24.2. The van der Waals surface area contributed by atoms with E-state index in [9.17, 15) is 18.7 Å². The average Bonchev–Trinajstić information content (AvgIpc) is 3.43. The van der Waals surface area contributed by atoms with Crippen LogP contribution < -0.4 is 10.1 Å². The van der Waals surface area contributed by atoms with Gasteiger partial charge in [0.1, 0.15) is 17.0 Å². The summed E-state index contributed by atoms with van der Waals surface area (Å²) in [5.41, 5.74) is 1.37. The number of aromatic nitrogens is 5. The average molecular weight is 489 g/mol. The molecule has 1 unspecified atom stereocenters. The molecular formula is C22H22F2N6O3S. The van der Waals surface area contributed by atoms with Gasteiger partial charge in [-0.05, 0) is 36.9 Å². The number of hydrogen-bond acceptors (Lipinski definition) is 7. The number of ether oxygens (including phenoxy) is 1. The van der Waals surface area contributed by atoms with Gasteiger partial charge in [-0.25, -0.2) is 9.50 Å². The SMILES string of the molecule is CCC(O)Cn1cc(NC(=O)c2cnn3cccnc23)c(-c2cc(SC)ccc2OC(F)F)n1. The molecule has 4 aromatic rings. The summed E-state index contributed by atoms with van der Waals surface area (Å²) < 4.78 is 33.8. The highest BCUT2D eigenvalue weighted by Gasteiger charge is 2.22. The molecule has 0 radical (unpaired) electrons. The Labute approximate surface area is 197 Å². The molecule has 178 valence electrons. The molecule has 9 nitrogen and oxygen atoms in total. The molecule has 0 bridgehead atoms. The van der Waals surface area contributed by atoms with Crippen molar-refractivity contribution < 1.29 is 23.4 Å². The first-order valence-corrected chi connectivity index (χ1v) is 11.6. The molecule has 0 saturated heterocycles. The van der Waals surface area contributed by atoms with Crippen molar-refractivity contribution in [3.8, 4) is 17.0 Å². The zero-order valence-electron chi connectivity index (χ0n) is 18.4. The third kappa shape index (κ3) is 5.02. The van der Waals surface area contributed by atoms with Crippen LogP contribution in [0.3, 0.4) is 0 Å². The summed E-state index contributed by atoms with van der Waals surface area (Å²) >= 11 is 1.42. The molecule has 3 heterocycles. The minimum atomic E-state index is -3.04. The Morgan fingerprint density at radius 2 is 2.18 bits per heavy atom. The number of nitrogens with zero attached hydrogens (tertiary/aromatic N) is 5. The fourth-order valence-electron chi connectivity index (χ4n) is 3.35. The minimum absolute atomic E-state index is 0.0813. The number of carbonyl (C=O) groups is 1. The van der Waals surface area contributed by atoms with Gasteiger partial charge < -0.3 is 15.2 Å². The Bertz CT molecular complexity index is 1310. The van der Waals surface area contributed by atoms with Crippen LogP contribution in [0.25, 0.3) is 16.9 Å². The smallest absolute Gasteiger partial charge is 0.387 e. The molecule has 34 heavy (non-hydrogen) atoms. The summed E-state index contributed by atoms with van der Waals surface area (Å²) in [7, 11) is 0. The summed E-state index contributed by atoms with van der Waals surface area (Å²) in [6.45, 7) is -1.05. The van der Waals surface area contributed by atoms with E-state index < -0.39 is 18.6 Å². The number of thioether (sulfide) groups is 1. The van der Waals surface area contributed by atoms with Gasteiger partial charge in [0.2, 0.25) is 0 Å². The molecule has 0 fully saturated rings. The van der Waals surface area contributed by atoms with Gasteiger partial charge in [0.25, 0.3) is 5.91 Å². The number of aliphatic hydroxyl groups is 1. The number of nitrogens with one attached hydrogen (secondary N) is 1. The molecule has 0 spiro atoms. The summed E-state index contributed by atoms with van der Waals surface area (Å²) in [6.07, 6.45) is 7.82. The number of fused-ring (bicyclic) bond motifs is 1. The number of alkyl halides is 2. The minimum Gasteiger partial charge on any atom is -0.434 e. The van der Waals surface area contributed by atoms with Gasteiger partial charge in [0.15, 0.2) is 5.65 Å². The van der Waals surface area contributed by atoms with Crippen molar-refractivity contribution in [3.05, 3.63) is 54.6 Å². The Morgan fingerprint density at radius 1 is 1.35 bits per heavy atom. The molecule has 12 heteroatoms. The fourth-order valence-corrected chi connectivity index (χ4v) is 3.79. The highest BCUT2D eigenvalue weighted by Crippen LogP contribution is 2.37. The summed E-state index contributed by atoms with van der Waals surface area (Å²) in [6, 6.07) is 6.45. The number of amides is 1. The van der Waals surface area contributed by atoms with Crippen LogP contribution in [0.15, 0.2) is 53.9 Å². The fraction of sp³-hybridized carbons (Fsp3) is 0.273. The van der Waals surface area contributed by atoms with E-state index in [1.54, 1.807) is 36.8 Å². The number of rotatable bonds is 9. The van der Waals surface area contributed by atoms with Gasteiger partial charge in [-0.3, -0.25) is 9.48 Å². The summed E-state index contributed by atoms with van der Waals surface area (Å²) in [5, 5.41) is 21.5.